The second-order valence-corrected chi connectivity index (χ2v) is 3.78. The highest BCUT2D eigenvalue weighted by Crippen LogP contribution is 2.21. The molecule has 0 bridgehead atoms. The van der Waals surface area contributed by atoms with E-state index in [1.54, 1.807) is 0 Å². The first-order valence-corrected chi connectivity index (χ1v) is 4.39. The average molecular weight is 154 g/mol. The highest BCUT2D eigenvalue weighted by atomic mass is 32.1. The van der Waals surface area contributed by atoms with Gasteiger partial charge in [0, 0.05) is 11.3 Å². The molecule has 1 aliphatic heterocycles. The summed E-state index contributed by atoms with van der Waals surface area (Å²) in [7, 11) is 0. The van der Waals surface area contributed by atoms with Crippen molar-refractivity contribution < 1.29 is 4.74 Å². The molecule has 2 heteroatoms. The SMILES string of the molecule is Cc1sccc1CC1CO1. The Balaban J connectivity index is 2.08. The highest BCUT2D eigenvalue weighted by Gasteiger charge is 2.23. The summed E-state index contributed by atoms with van der Waals surface area (Å²) in [6, 6.07) is 2.20. The third-order valence-electron chi connectivity index (χ3n) is 1.82. The Morgan fingerprint density at radius 1 is 1.80 bits per heavy atom. The first-order chi connectivity index (χ1) is 4.86. The van der Waals surface area contributed by atoms with Crippen molar-refractivity contribution >= 4 is 11.3 Å². The fraction of sp³-hybridized carbons (Fsp3) is 0.500. The van der Waals surface area contributed by atoms with Gasteiger partial charge in [0.1, 0.15) is 0 Å². The standard InChI is InChI=1S/C8H10OS/c1-6-7(2-3-10-6)4-8-5-9-8/h2-3,8H,4-5H2,1H3. The summed E-state index contributed by atoms with van der Waals surface area (Å²) in [6.45, 7) is 3.14. The molecule has 0 amide bonds. The smallest absolute Gasteiger partial charge is 0.0850 e. The molecular weight excluding hydrogens is 144 g/mol. The number of epoxide rings is 1. The lowest BCUT2D eigenvalue weighted by molar-refractivity contribution is 0.407. The number of hydrogen-bond donors (Lipinski definition) is 0. The van der Waals surface area contributed by atoms with Crippen LogP contribution in [0.15, 0.2) is 11.4 Å². The van der Waals surface area contributed by atoms with Crippen molar-refractivity contribution in [3.8, 4) is 0 Å². The Hall–Kier alpha value is -0.340. The van der Waals surface area contributed by atoms with E-state index in [4.69, 9.17) is 4.74 Å². The van der Waals surface area contributed by atoms with Crippen LogP contribution >= 0.6 is 11.3 Å². The molecule has 1 unspecified atom stereocenters. The summed E-state index contributed by atoms with van der Waals surface area (Å²) < 4.78 is 5.14. The van der Waals surface area contributed by atoms with Gasteiger partial charge in [-0.25, -0.2) is 0 Å². The van der Waals surface area contributed by atoms with Crippen molar-refractivity contribution in [2.24, 2.45) is 0 Å². The monoisotopic (exact) mass is 154 g/mol. The quantitative estimate of drug-likeness (QED) is 0.593. The van der Waals surface area contributed by atoms with Gasteiger partial charge in [0.25, 0.3) is 0 Å². The van der Waals surface area contributed by atoms with Crippen LogP contribution < -0.4 is 0 Å². The zero-order chi connectivity index (χ0) is 6.97. The van der Waals surface area contributed by atoms with Crippen LogP contribution in [0.5, 0.6) is 0 Å². The second-order valence-electron chi connectivity index (χ2n) is 2.66. The van der Waals surface area contributed by atoms with Gasteiger partial charge >= 0.3 is 0 Å². The molecule has 10 heavy (non-hydrogen) atoms. The van der Waals surface area contributed by atoms with Gasteiger partial charge in [-0.15, -0.1) is 11.3 Å². The molecule has 0 aliphatic carbocycles. The van der Waals surface area contributed by atoms with Crippen LogP contribution in [0.25, 0.3) is 0 Å². The second kappa shape index (κ2) is 2.36. The molecule has 2 rings (SSSR count). The minimum absolute atomic E-state index is 0.535. The predicted octanol–water partition coefficient (Wildman–Crippen LogP) is 2.00. The molecule has 1 aromatic rings. The maximum Gasteiger partial charge on any atom is 0.0850 e. The third kappa shape index (κ3) is 1.22. The number of aryl methyl sites for hydroxylation is 1. The Morgan fingerprint density at radius 2 is 2.60 bits per heavy atom. The van der Waals surface area contributed by atoms with E-state index in [1.165, 1.54) is 10.4 Å². The molecule has 2 heterocycles. The minimum atomic E-state index is 0.535. The zero-order valence-corrected chi connectivity index (χ0v) is 6.78. The first kappa shape index (κ1) is 6.38. The topological polar surface area (TPSA) is 12.5 Å². The maximum absolute atomic E-state index is 5.14. The van der Waals surface area contributed by atoms with E-state index >= 15 is 0 Å². The van der Waals surface area contributed by atoms with Gasteiger partial charge in [0.05, 0.1) is 12.7 Å². The van der Waals surface area contributed by atoms with Gasteiger partial charge in [0.2, 0.25) is 0 Å². The molecule has 1 nitrogen and oxygen atoms in total. The maximum atomic E-state index is 5.14. The van der Waals surface area contributed by atoms with E-state index in [0.717, 1.165) is 13.0 Å². The lowest BCUT2D eigenvalue weighted by Crippen LogP contribution is -1.91. The van der Waals surface area contributed by atoms with E-state index in [1.807, 2.05) is 11.3 Å². The Labute approximate surface area is 64.6 Å². The van der Waals surface area contributed by atoms with Crippen LogP contribution in [0.4, 0.5) is 0 Å². The van der Waals surface area contributed by atoms with E-state index in [9.17, 15) is 0 Å². The highest BCUT2D eigenvalue weighted by molar-refractivity contribution is 7.10. The van der Waals surface area contributed by atoms with Crippen molar-refractivity contribution in [3.05, 3.63) is 21.9 Å². The van der Waals surface area contributed by atoms with E-state index in [0.29, 0.717) is 6.10 Å². The molecule has 0 spiro atoms. The molecule has 1 aliphatic rings. The third-order valence-corrected chi connectivity index (χ3v) is 2.70. The summed E-state index contributed by atoms with van der Waals surface area (Å²) in [6.07, 6.45) is 1.66. The lowest BCUT2D eigenvalue weighted by Gasteiger charge is -1.92. The first-order valence-electron chi connectivity index (χ1n) is 3.51. The molecule has 1 atom stereocenters. The fourth-order valence-electron chi connectivity index (χ4n) is 1.05. The van der Waals surface area contributed by atoms with E-state index < -0.39 is 0 Å². The lowest BCUT2D eigenvalue weighted by atomic mass is 10.1. The molecule has 1 saturated heterocycles. The van der Waals surface area contributed by atoms with Crippen molar-refractivity contribution in [1.82, 2.24) is 0 Å². The molecule has 0 radical (unpaired) electrons. The molecule has 54 valence electrons. The molecule has 0 aromatic carbocycles. The molecular formula is C8H10OS. The van der Waals surface area contributed by atoms with Crippen LogP contribution in [-0.2, 0) is 11.2 Å². The van der Waals surface area contributed by atoms with Crippen LogP contribution in [0, 0.1) is 6.92 Å². The van der Waals surface area contributed by atoms with Gasteiger partial charge in [-0.3, -0.25) is 0 Å². The van der Waals surface area contributed by atoms with E-state index in [-0.39, 0.29) is 0 Å². The molecule has 1 fully saturated rings. The summed E-state index contributed by atoms with van der Waals surface area (Å²) in [5.74, 6) is 0. The molecule has 0 saturated carbocycles. The van der Waals surface area contributed by atoms with Crippen molar-refractivity contribution in [2.45, 2.75) is 19.4 Å². The molecule has 0 N–H and O–H groups in total. The number of thiophene rings is 1. The Kier molecular flexibility index (Phi) is 1.51. The van der Waals surface area contributed by atoms with Crippen LogP contribution in [0.1, 0.15) is 10.4 Å². The number of hydrogen-bond acceptors (Lipinski definition) is 2. The fourth-order valence-corrected chi connectivity index (χ4v) is 1.79. The van der Waals surface area contributed by atoms with Crippen LogP contribution in [0.2, 0.25) is 0 Å². The van der Waals surface area contributed by atoms with Crippen molar-refractivity contribution in [3.63, 3.8) is 0 Å². The van der Waals surface area contributed by atoms with E-state index in [2.05, 4.69) is 18.4 Å². The van der Waals surface area contributed by atoms with Crippen molar-refractivity contribution in [2.75, 3.05) is 6.61 Å². The van der Waals surface area contributed by atoms with Gasteiger partial charge in [0.15, 0.2) is 0 Å². The summed E-state index contributed by atoms with van der Waals surface area (Å²) in [5.41, 5.74) is 1.47. The Bertz CT molecular complexity index is 225. The minimum Gasteiger partial charge on any atom is -0.373 e. The predicted molar refractivity (Wildman–Crippen MR) is 42.5 cm³/mol. The van der Waals surface area contributed by atoms with Gasteiger partial charge in [-0.1, -0.05) is 0 Å². The van der Waals surface area contributed by atoms with Crippen LogP contribution in [-0.4, -0.2) is 12.7 Å². The number of rotatable bonds is 2. The van der Waals surface area contributed by atoms with Gasteiger partial charge in [-0.05, 0) is 23.9 Å². The largest absolute Gasteiger partial charge is 0.373 e. The van der Waals surface area contributed by atoms with Crippen LogP contribution in [0.3, 0.4) is 0 Å². The van der Waals surface area contributed by atoms with Crippen molar-refractivity contribution in [1.29, 1.82) is 0 Å². The number of ether oxygens (including phenoxy) is 1. The molecule has 1 aromatic heterocycles. The summed E-state index contributed by atoms with van der Waals surface area (Å²) >= 11 is 1.82. The van der Waals surface area contributed by atoms with Gasteiger partial charge in [-0.2, -0.15) is 0 Å². The Morgan fingerprint density at radius 3 is 3.10 bits per heavy atom. The zero-order valence-electron chi connectivity index (χ0n) is 5.96. The summed E-state index contributed by atoms with van der Waals surface area (Å²) in [5, 5.41) is 2.15. The van der Waals surface area contributed by atoms with Gasteiger partial charge < -0.3 is 4.74 Å². The summed E-state index contributed by atoms with van der Waals surface area (Å²) in [4.78, 5) is 1.44. The average Bonchev–Trinajstić information content (AvgIpc) is 2.62. The normalized spacial score (nSPS) is 23.1.